The molecule has 0 radical (unpaired) electrons. The highest BCUT2D eigenvalue weighted by Crippen LogP contribution is 2.15. The number of benzene rings is 2. The predicted molar refractivity (Wildman–Crippen MR) is 78.5 cm³/mol. The van der Waals surface area contributed by atoms with E-state index in [0.717, 1.165) is 11.1 Å². The van der Waals surface area contributed by atoms with Crippen molar-refractivity contribution in [1.82, 2.24) is 0 Å². The fraction of sp³-hybridized carbons (Fsp3) is 0.125. The number of rotatable bonds is 4. The van der Waals surface area contributed by atoms with E-state index in [1.165, 1.54) is 0 Å². The summed E-state index contributed by atoms with van der Waals surface area (Å²) in [6.45, 7) is 1.98. The lowest BCUT2D eigenvalue weighted by atomic mass is 10.1. The van der Waals surface area contributed by atoms with Crippen LogP contribution < -0.4 is 11.1 Å². The van der Waals surface area contributed by atoms with Crippen molar-refractivity contribution in [3.8, 4) is 0 Å². The highest BCUT2D eigenvalue weighted by molar-refractivity contribution is 6.03. The van der Waals surface area contributed by atoms with E-state index in [4.69, 9.17) is 5.73 Å². The number of nitrogens with two attached hydrogens (primary N) is 1. The number of para-hydroxylation sites is 1. The van der Waals surface area contributed by atoms with Gasteiger partial charge in [-0.05, 0) is 24.6 Å². The van der Waals surface area contributed by atoms with Crippen molar-refractivity contribution < 1.29 is 9.59 Å². The Hall–Kier alpha value is -2.62. The molecule has 0 saturated carbocycles. The predicted octanol–water partition coefficient (Wildman–Crippen LogP) is 2.28. The topological polar surface area (TPSA) is 72.2 Å². The second-order valence-corrected chi connectivity index (χ2v) is 4.62. The van der Waals surface area contributed by atoms with Crippen LogP contribution in [0.2, 0.25) is 0 Å². The lowest BCUT2D eigenvalue weighted by Crippen LogP contribution is -2.19. The lowest BCUT2D eigenvalue weighted by Gasteiger charge is -2.09. The van der Waals surface area contributed by atoms with E-state index in [2.05, 4.69) is 5.32 Å². The average molecular weight is 268 g/mol. The number of carbonyl (C=O) groups is 2. The van der Waals surface area contributed by atoms with Crippen LogP contribution in [0.1, 0.15) is 21.5 Å². The van der Waals surface area contributed by atoms with E-state index in [9.17, 15) is 9.59 Å². The minimum Gasteiger partial charge on any atom is -0.366 e. The standard InChI is InChI=1S/C16H16N2O2/c1-11-5-4-6-12(9-11)10-15(19)18-14-8-3-2-7-13(14)16(17)20/h2-9H,10H2,1H3,(H2,17,20)(H,18,19). The van der Waals surface area contributed by atoms with Gasteiger partial charge >= 0.3 is 0 Å². The van der Waals surface area contributed by atoms with Crippen molar-refractivity contribution in [3.63, 3.8) is 0 Å². The first-order chi connectivity index (χ1) is 9.56. The first-order valence-electron chi connectivity index (χ1n) is 6.30. The molecule has 2 aromatic rings. The summed E-state index contributed by atoms with van der Waals surface area (Å²) in [5.74, 6) is -0.735. The van der Waals surface area contributed by atoms with E-state index in [1.54, 1.807) is 24.3 Å². The van der Waals surface area contributed by atoms with Crippen LogP contribution in [-0.2, 0) is 11.2 Å². The summed E-state index contributed by atoms with van der Waals surface area (Å²) >= 11 is 0. The summed E-state index contributed by atoms with van der Waals surface area (Å²) in [6.07, 6.45) is 0.259. The molecule has 0 aliphatic heterocycles. The van der Waals surface area contributed by atoms with Crippen molar-refractivity contribution in [3.05, 3.63) is 65.2 Å². The molecule has 0 atom stereocenters. The van der Waals surface area contributed by atoms with Crippen molar-refractivity contribution >= 4 is 17.5 Å². The van der Waals surface area contributed by atoms with Crippen molar-refractivity contribution in [2.45, 2.75) is 13.3 Å². The van der Waals surface area contributed by atoms with Crippen molar-refractivity contribution in [2.24, 2.45) is 5.73 Å². The van der Waals surface area contributed by atoms with E-state index in [1.807, 2.05) is 31.2 Å². The monoisotopic (exact) mass is 268 g/mol. The molecular weight excluding hydrogens is 252 g/mol. The number of nitrogens with one attached hydrogen (secondary N) is 1. The van der Waals surface area contributed by atoms with Gasteiger partial charge in [-0.25, -0.2) is 0 Å². The Morgan fingerprint density at radius 1 is 1.10 bits per heavy atom. The maximum Gasteiger partial charge on any atom is 0.250 e. The average Bonchev–Trinajstić information content (AvgIpc) is 2.38. The molecule has 0 heterocycles. The molecule has 4 heteroatoms. The number of hydrogen-bond acceptors (Lipinski definition) is 2. The normalized spacial score (nSPS) is 10.1. The van der Waals surface area contributed by atoms with E-state index in [-0.39, 0.29) is 12.3 Å². The molecular formula is C16H16N2O2. The Kier molecular flexibility index (Phi) is 4.15. The van der Waals surface area contributed by atoms with Gasteiger partial charge in [-0.15, -0.1) is 0 Å². The van der Waals surface area contributed by atoms with Crippen LogP contribution in [0.3, 0.4) is 0 Å². The second-order valence-electron chi connectivity index (χ2n) is 4.62. The van der Waals surface area contributed by atoms with Crippen LogP contribution in [0, 0.1) is 6.92 Å². The number of primary amides is 1. The molecule has 3 N–H and O–H groups in total. The number of amides is 2. The van der Waals surface area contributed by atoms with Crippen LogP contribution >= 0.6 is 0 Å². The van der Waals surface area contributed by atoms with Crippen LogP contribution in [0.15, 0.2) is 48.5 Å². The smallest absolute Gasteiger partial charge is 0.250 e. The molecule has 0 aromatic heterocycles. The summed E-state index contributed by atoms with van der Waals surface area (Å²) in [5, 5.41) is 2.72. The lowest BCUT2D eigenvalue weighted by molar-refractivity contribution is -0.115. The zero-order valence-corrected chi connectivity index (χ0v) is 11.2. The van der Waals surface area contributed by atoms with Gasteiger partial charge in [-0.2, -0.15) is 0 Å². The Morgan fingerprint density at radius 2 is 1.85 bits per heavy atom. The van der Waals surface area contributed by atoms with Crippen LogP contribution in [0.25, 0.3) is 0 Å². The minimum absolute atomic E-state index is 0.177. The van der Waals surface area contributed by atoms with Gasteiger partial charge in [-0.3, -0.25) is 9.59 Å². The number of aryl methyl sites for hydroxylation is 1. The fourth-order valence-corrected chi connectivity index (χ4v) is 2.01. The first-order valence-corrected chi connectivity index (χ1v) is 6.30. The third-order valence-corrected chi connectivity index (χ3v) is 2.91. The quantitative estimate of drug-likeness (QED) is 0.892. The molecule has 0 fully saturated rings. The molecule has 0 bridgehead atoms. The molecule has 0 aliphatic carbocycles. The maximum atomic E-state index is 12.0. The molecule has 4 nitrogen and oxygen atoms in total. The second kappa shape index (κ2) is 6.02. The van der Waals surface area contributed by atoms with Gasteiger partial charge in [0.15, 0.2) is 0 Å². The van der Waals surface area contributed by atoms with E-state index < -0.39 is 5.91 Å². The SMILES string of the molecule is Cc1cccc(CC(=O)Nc2ccccc2C(N)=O)c1. The summed E-state index contributed by atoms with van der Waals surface area (Å²) in [7, 11) is 0. The molecule has 102 valence electrons. The Bertz CT molecular complexity index is 650. The summed E-state index contributed by atoms with van der Waals surface area (Å²) < 4.78 is 0. The Balaban J connectivity index is 2.11. The molecule has 0 spiro atoms. The summed E-state index contributed by atoms with van der Waals surface area (Å²) in [4.78, 5) is 23.3. The summed E-state index contributed by atoms with van der Waals surface area (Å²) in [6, 6.07) is 14.4. The van der Waals surface area contributed by atoms with Gasteiger partial charge in [0.05, 0.1) is 17.7 Å². The molecule has 2 rings (SSSR count). The zero-order valence-electron chi connectivity index (χ0n) is 11.2. The minimum atomic E-state index is -0.559. The Labute approximate surface area is 117 Å². The number of anilines is 1. The van der Waals surface area contributed by atoms with E-state index >= 15 is 0 Å². The van der Waals surface area contributed by atoms with Gasteiger partial charge in [0.2, 0.25) is 5.91 Å². The third-order valence-electron chi connectivity index (χ3n) is 2.91. The highest BCUT2D eigenvalue weighted by Gasteiger charge is 2.10. The Morgan fingerprint density at radius 3 is 2.55 bits per heavy atom. The van der Waals surface area contributed by atoms with Crippen LogP contribution in [0.5, 0.6) is 0 Å². The molecule has 0 saturated heterocycles. The number of carbonyl (C=O) groups excluding carboxylic acids is 2. The molecule has 20 heavy (non-hydrogen) atoms. The third kappa shape index (κ3) is 3.45. The summed E-state index contributed by atoms with van der Waals surface area (Å²) in [5.41, 5.74) is 8.06. The van der Waals surface area contributed by atoms with Crippen molar-refractivity contribution in [2.75, 3.05) is 5.32 Å². The van der Waals surface area contributed by atoms with Crippen LogP contribution in [-0.4, -0.2) is 11.8 Å². The maximum absolute atomic E-state index is 12.0. The largest absolute Gasteiger partial charge is 0.366 e. The molecule has 2 amide bonds. The van der Waals surface area contributed by atoms with Gasteiger partial charge in [0, 0.05) is 0 Å². The fourth-order valence-electron chi connectivity index (χ4n) is 2.01. The molecule has 0 unspecified atom stereocenters. The van der Waals surface area contributed by atoms with Gasteiger partial charge in [0.25, 0.3) is 5.91 Å². The molecule has 0 aliphatic rings. The molecule has 2 aromatic carbocycles. The van der Waals surface area contributed by atoms with Gasteiger partial charge in [-0.1, -0.05) is 42.0 Å². The zero-order chi connectivity index (χ0) is 14.5. The first kappa shape index (κ1) is 13.8. The van der Waals surface area contributed by atoms with Gasteiger partial charge < -0.3 is 11.1 Å². The van der Waals surface area contributed by atoms with Gasteiger partial charge in [0.1, 0.15) is 0 Å². The number of hydrogen-bond donors (Lipinski definition) is 2. The highest BCUT2D eigenvalue weighted by atomic mass is 16.2. The van der Waals surface area contributed by atoms with Crippen molar-refractivity contribution in [1.29, 1.82) is 0 Å². The van der Waals surface area contributed by atoms with Crippen LogP contribution in [0.4, 0.5) is 5.69 Å². The van der Waals surface area contributed by atoms with E-state index in [0.29, 0.717) is 11.3 Å².